The number of hydrogen-bond donors (Lipinski definition) is 1. The van der Waals surface area contributed by atoms with Crippen molar-refractivity contribution in [2.24, 2.45) is 0 Å². The Morgan fingerprint density at radius 1 is 1.29 bits per heavy atom. The van der Waals surface area contributed by atoms with Gasteiger partial charge in [-0.1, -0.05) is 24.8 Å². The molecule has 1 N–H and O–H groups in total. The first-order valence-electron chi connectivity index (χ1n) is 10.8. The summed E-state index contributed by atoms with van der Waals surface area (Å²) >= 11 is 1.25. The molecule has 1 fully saturated rings. The van der Waals surface area contributed by atoms with Crippen molar-refractivity contribution in [3.63, 3.8) is 0 Å². The number of benzene rings is 2. The summed E-state index contributed by atoms with van der Waals surface area (Å²) in [5.74, 6) is -0.320. The van der Waals surface area contributed by atoms with Gasteiger partial charge in [0.2, 0.25) is 0 Å². The van der Waals surface area contributed by atoms with Crippen molar-refractivity contribution in [3.05, 3.63) is 89.0 Å². The molecule has 0 radical (unpaired) electrons. The maximum absolute atomic E-state index is 13.2. The largest absolute Gasteiger partial charge is 0.507 e. The van der Waals surface area contributed by atoms with Crippen LogP contribution in [-0.4, -0.2) is 34.5 Å². The molecule has 0 unspecified atom stereocenters. The van der Waals surface area contributed by atoms with E-state index in [4.69, 9.17) is 9.47 Å². The van der Waals surface area contributed by atoms with Gasteiger partial charge in [0.15, 0.2) is 5.13 Å². The summed E-state index contributed by atoms with van der Waals surface area (Å²) in [5, 5.41) is 13.4. The SMILES string of the molecule is C=CCOc1ccc([C@H]2C(=C(O)c3ccc4c(c3)C[C@H](C)O4)C(=O)C(=O)N2c2nccs2)cc1. The van der Waals surface area contributed by atoms with E-state index in [-0.39, 0.29) is 17.4 Å². The molecule has 7 nitrogen and oxygen atoms in total. The third-order valence-corrected chi connectivity index (χ3v) is 6.57. The van der Waals surface area contributed by atoms with Gasteiger partial charge in [-0.3, -0.25) is 14.5 Å². The highest BCUT2D eigenvalue weighted by atomic mass is 32.1. The Kier molecular flexibility index (Phi) is 5.67. The van der Waals surface area contributed by atoms with Gasteiger partial charge in [0.05, 0.1) is 11.6 Å². The molecule has 0 aliphatic carbocycles. The lowest BCUT2D eigenvalue weighted by Gasteiger charge is -2.23. The predicted octanol–water partition coefficient (Wildman–Crippen LogP) is 4.66. The van der Waals surface area contributed by atoms with E-state index in [1.807, 2.05) is 13.0 Å². The van der Waals surface area contributed by atoms with E-state index in [9.17, 15) is 14.7 Å². The second-order valence-corrected chi connectivity index (χ2v) is 8.98. The fourth-order valence-electron chi connectivity index (χ4n) is 4.31. The number of ether oxygens (including phenoxy) is 2. The van der Waals surface area contributed by atoms with E-state index in [1.54, 1.807) is 54.1 Å². The van der Waals surface area contributed by atoms with Gasteiger partial charge < -0.3 is 14.6 Å². The monoisotopic (exact) mass is 474 g/mol. The molecule has 2 aliphatic rings. The molecular weight excluding hydrogens is 452 g/mol. The number of rotatable bonds is 6. The van der Waals surface area contributed by atoms with Crippen molar-refractivity contribution in [2.45, 2.75) is 25.5 Å². The van der Waals surface area contributed by atoms with Crippen LogP contribution < -0.4 is 14.4 Å². The van der Waals surface area contributed by atoms with Gasteiger partial charge in [0.25, 0.3) is 5.78 Å². The van der Waals surface area contributed by atoms with Gasteiger partial charge in [-0.05, 0) is 48.4 Å². The van der Waals surface area contributed by atoms with Crippen LogP contribution in [0.3, 0.4) is 0 Å². The number of aromatic nitrogens is 1. The van der Waals surface area contributed by atoms with Crippen molar-refractivity contribution in [1.29, 1.82) is 0 Å². The molecule has 34 heavy (non-hydrogen) atoms. The number of ketones is 1. The minimum Gasteiger partial charge on any atom is -0.507 e. The van der Waals surface area contributed by atoms with Crippen LogP contribution in [0.5, 0.6) is 11.5 Å². The lowest BCUT2D eigenvalue weighted by molar-refractivity contribution is -0.132. The van der Waals surface area contributed by atoms with Crippen LogP contribution in [0.1, 0.15) is 29.7 Å². The molecule has 0 saturated carbocycles. The molecule has 2 aromatic carbocycles. The summed E-state index contributed by atoms with van der Waals surface area (Å²) in [5.41, 5.74) is 2.09. The topological polar surface area (TPSA) is 89.0 Å². The number of carbonyl (C=O) groups is 2. The van der Waals surface area contributed by atoms with Crippen LogP contribution in [0.4, 0.5) is 5.13 Å². The molecular formula is C26H22N2O5S. The van der Waals surface area contributed by atoms with Crippen LogP contribution in [0, 0.1) is 0 Å². The number of amides is 1. The van der Waals surface area contributed by atoms with Crippen molar-refractivity contribution in [1.82, 2.24) is 4.98 Å². The molecule has 3 heterocycles. The van der Waals surface area contributed by atoms with Crippen LogP contribution >= 0.6 is 11.3 Å². The molecule has 172 valence electrons. The van der Waals surface area contributed by atoms with E-state index in [0.29, 0.717) is 35.0 Å². The zero-order chi connectivity index (χ0) is 23.8. The van der Waals surface area contributed by atoms with E-state index in [2.05, 4.69) is 11.6 Å². The summed E-state index contributed by atoms with van der Waals surface area (Å²) in [6.45, 7) is 5.97. The van der Waals surface area contributed by atoms with Crippen molar-refractivity contribution in [3.8, 4) is 11.5 Å². The van der Waals surface area contributed by atoms with Crippen molar-refractivity contribution >= 4 is 33.9 Å². The van der Waals surface area contributed by atoms with Gasteiger partial charge in [-0.25, -0.2) is 4.98 Å². The van der Waals surface area contributed by atoms with Gasteiger partial charge in [-0.15, -0.1) is 11.3 Å². The average molecular weight is 475 g/mol. The fourth-order valence-corrected chi connectivity index (χ4v) is 4.97. The molecule has 1 saturated heterocycles. The maximum atomic E-state index is 13.2. The number of hydrogen-bond acceptors (Lipinski definition) is 7. The summed E-state index contributed by atoms with van der Waals surface area (Å²) in [6, 6.07) is 11.5. The third-order valence-electron chi connectivity index (χ3n) is 5.80. The summed E-state index contributed by atoms with van der Waals surface area (Å²) in [6.07, 6.45) is 3.97. The van der Waals surface area contributed by atoms with Gasteiger partial charge in [0.1, 0.15) is 30.0 Å². The molecule has 1 amide bonds. The van der Waals surface area contributed by atoms with Crippen molar-refractivity contribution in [2.75, 3.05) is 11.5 Å². The molecule has 1 aromatic heterocycles. The molecule has 2 aliphatic heterocycles. The minimum absolute atomic E-state index is 0.0203. The Balaban J connectivity index is 1.62. The van der Waals surface area contributed by atoms with E-state index in [1.165, 1.54) is 16.2 Å². The van der Waals surface area contributed by atoms with Crippen molar-refractivity contribution < 1.29 is 24.2 Å². The van der Waals surface area contributed by atoms with Crippen LogP contribution in [0.15, 0.2) is 72.3 Å². The summed E-state index contributed by atoms with van der Waals surface area (Å²) in [4.78, 5) is 31.9. The Morgan fingerprint density at radius 2 is 2.09 bits per heavy atom. The minimum atomic E-state index is -0.831. The van der Waals surface area contributed by atoms with E-state index >= 15 is 0 Å². The van der Waals surface area contributed by atoms with Crippen LogP contribution in [0.25, 0.3) is 5.76 Å². The molecule has 2 atom stereocenters. The highest BCUT2D eigenvalue weighted by Crippen LogP contribution is 2.43. The number of aliphatic hydroxyl groups excluding tert-OH is 1. The molecule has 0 spiro atoms. The number of aliphatic hydroxyl groups is 1. The summed E-state index contributed by atoms with van der Waals surface area (Å²) in [7, 11) is 0. The molecule has 5 rings (SSSR count). The maximum Gasteiger partial charge on any atom is 0.301 e. The van der Waals surface area contributed by atoms with Crippen LogP contribution in [-0.2, 0) is 16.0 Å². The summed E-state index contributed by atoms with van der Waals surface area (Å²) < 4.78 is 11.3. The number of Topliss-reactive ketones (excluding diaryl/α,β-unsaturated/α-hetero) is 1. The van der Waals surface area contributed by atoms with Crippen LogP contribution in [0.2, 0.25) is 0 Å². The standard InChI is InChI=1S/C26H22N2O5S/c1-3-11-32-19-7-4-16(5-8-19)22-21(24(30)25(31)28(22)26-27-10-12-34-26)23(29)17-6-9-20-18(14-17)13-15(2)33-20/h3-10,12,14-15,22,29H,1,11,13H2,2H3/t15-,22-/m0/s1. The number of nitrogens with zero attached hydrogens (tertiary/aromatic N) is 2. The van der Waals surface area contributed by atoms with Gasteiger partial charge in [-0.2, -0.15) is 0 Å². The lowest BCUT2D eigenvalue weighted by Crippen LogP contribution is -2.29. The molecule has 0 bridgehead atoms. The normalized spacial score (nSPS) is 20.8. The zero-order valence-corrected chi connectivity index (χ0v) is 19.2. The Bertz CT molecular complexity index is 1300. The Hall–Kier alpha value is -3.91. The number of carbonyl (C=O) groups excluding carboxylic acids is 2. The highest BCUT2D eigenvalue weighted by Gasteiger charge is 2.48. The molecule has 8 heteroatoms. The first-order chi connectivity index (χ1) is 16.5. The van der Waals surface area contributed by atoms with E-state index in [0.717, 1.165) is 11.3 Å². The lowest BCUT2D eigenvalue weighted by atomic mass is 9.94. The first-order valence-corrected chi connectivity index (χ1v) is 11.7. The fraction of sp³-hybridized carbons (Fsp3) is 0.192. The third kappa shape index (κ3) is 3.76. The molecule has 3 aromatic rings. The quantitative estimate of drug-likeness (QED) is 0.242. The van der Waals surface area contributed by atoms with Gasteiger partial charge in [0, 0.05) is 23.6 Å². The highest BCUT2D eigenvalue weighted by molar-refractivity contribution is 7.14. The predicted molar refractivity (Wildman–Crippen MR) is 129 cm³/mol. The van der Waals surface area contributed by atoms with E-state index < -0.39 is 17.7 Å². The number of thiazole rings is 1. The number of fused-ring (bicyclic) bond motifs is 1. The number of anilines is 1. The second kappa shape index (κ2) is 8.79. The second-order valence-electron chi connectivity index (χ2n) is 8.11. The average Bonchev–Trinajstić information content (AvgIpc) is 3.55. The smallest absolute Gasteiger partial charge is 0.301 e. The zero-order valence-electron chi connectivity index (χ0n) is 18.4. The Labute approximate surface area is 200 Å². The van der Waals surface area contributed by atoms with Gasteiger partial charge >= 0.3 is 5.91 Å². The Morgan fingerprint density at radius 3 is 2.79 bits per heavy atom. The first kappa shape index (κ1) is 21.9.